The average molecular weight is 486 g/mol. The minimum Gasteiger partial charge on any atom is -0.504 e. The van der Waals surface area contributed by atoms with Gasteiger partial charge in [0.2, 0.25) is 4.80 Å². The number of hydrogen-bond donors (Lipinski definition) is 3. The molecule has 1 aliphatic rings. The van der Waals surface area contributed by atoms with Gasteiger partial charge in [-0.15, -0.1) is 15.7 Å². The van der Waals surface area contributed by atoms with Crippen LogP contribution in [0.5, 0.6) is 11.5 Å². The first-order chi connectivity index (χ1) is 14.3. The van der Waals surface area contributed by atoms with Gasteiger partial charge in [-0.2, -0.15) is 8.42 Å². The lowest BCUT2D eigenvalue weighted by Crippen LogP contribution is -2.30. The highest BCUT2D eigenvalue weighted by Gasteiger charge is 2.28. The Morgan fingerprint density at radius 2 is 2.10 bits per heavy atom. The van der Waals surface area contributed by atoms with Crippen LogP contribution in [0.2, 0.25) is 5.15 Å². The molecule has 0 unspecified atom stereocenters. The number of thiophene rings is 1. The van der Waals surface area contributed by atoms with Crippen molar-refractivity contribution < 1.29 is 18.6 Å². The lowest BCUT2D eigenvalue weighted by molar-refractivity contribution is 0.400. The van der Waals surface area contributed by atoms with Gasteiger partial charge >= 0.3 is 0 Å². The number of hydrogen-bond acceptors (Lipinski definition) is 7. The van der Waals surface area contributed by atoms with E-state index >= 15 is 0 Å². The predicted octanol–water partition coefficient (Wildman–Crippen LogP) is 3.61. The van der Waals surface area contributed by atoms with Crippen molar-refractivity contribution >= 4 is 44.3 Å². The Balaban J connectivity index is 1.87. The van der Waals surface area contributed by atoms with Crippen LogP contribution in [0, 0.1) is 0 Å². The second-order valence-electron chi connectivity index (χ2n) is 6.87. The Bertz CT molecular complexity index is 1250. The van der Waals surface area contributed by atoms with E-state index in [0.717, 1.165) is 33.8 Å². The zero-order chi connectivity index (χ0) is 21.5. The van der Waals surface area contributed by atoms with E-state index in [1.165, 1.54) is 23.5 Å². The van der Waals surface area contributed by atoms with Crippen molar-refractivity contribution in [3.63, 3.8) is 0 Å². The molecule has 3 aromatic rings. The Morgan fingerprint density at radius 3 is 2.80 bits per heavy atom. The molecule has 7 nitrogen and oxygen atoms in total. The number of fused-ring (bicyclic) bond motifs is 1. The topological polar surface area (TPSA) is 104 Å². The first-order valence-corrected chi connectivity index (χ1v) is 12.8. The third-order valence-electron chi connectivity index (χ3n) is 4.82. The molecule has 1 aromatic carbocycles. The number of thiazole rings is 1. The Hall–Kier alpha value is -1.85. The van der Waals surface area contributed by atoms with E-state index < -0.39 is 10.0 Å². The number of aromatic hydroxyl groups is 2. The number of rotatable bonds is 5. The largest absolute Gasteiger partial charge is 0.504 e. The minimum absolute atomic E-state index is 0.162. The molecule has 3 N–H and O–H groups in total. The Morgan fingerprint density at radius 1 is 1.33 bits per heavy atom. The van der Waals surface area contributed by atoms with E-state index in [-0.39, 0.29) is 21.8 Å². The summed E-state index contributed by atoms with van der Waals surface area (Å²) >= 11 is 9.03. The van der Waals surface area contributed by atoms with Gasteiger partial charge in [0.15, 0.2) is 11.5 Å². The predicted molar refractivity (Wildman–Crippen MR) is 118 cm³/mol. The van der Waals surface area contributed by atoms with Crippen LogP contribution in [0.3, 0.4) is 0 Å². The highest BCUT2D eigenvalue weighted by atomic mass is 35.5. The maximum absolute atomic E-state index is 12.7. The molecule has 0 fully saturated rings. The molecular formula is C19H20ClN3O4S3. The number of nitrogens with one attached hydrogen (secondary N) is 1. The zero-order valence-electron chi connectivity index (χ0n) is 16.0. The Labute approximate surface area is 187 Å². The standard InChI is InChI=1S/C19H20ClN3O4S3/c1-2-7-23-18(20)17(29-19(23)22-30(26,27)15-4-3-8-28-15)16-12-10-14(25)13(24)9-11(12)5-6-21-16/h3-4,8-10,16,21,24-25H,2,5-7H2,1H3/t16-/m1/s1. The number of sulfonamides is 1. The highest BCUT2D eigenvalue weighted by molar-refractivity contribution is 7.92. The third-order valence-corrected chi connectivity index (χ3v) is 9.24. The van der Waals surface area contributed by atoms with Crippen LogP contribution < -0.4 is 10.1 Å². The number of benzene rings is 1. The van der Waals surface area contributed by atoms with Crippen molar-refractivity contribution in [3.8, 4) is 11.5 Å². The van der Waals surface area contributed by atoms with Crippen LogP contribution in [0.1, 0.15) is 35.4 Å². The molecule has 0 bridgehead atoms. The minimum atomic E-state index is -3.84. The maximum Gasteiger partial charge on any atom is 0.294 e. The lowest BCUT2D eigenvalue weighted by Gasteiger charge is -2.26. The van der Waals surface area contributed by atoms with Crippen molar-refractivity contribution in [3.05, 3.63) is 55.6 Å². The molecule has 1 atom stereocenters. The van der Waals surface area contributed by atoms with Gasteiger partial charge in [0.25, 0.3) is 10.0 Å². The second-order valence-corrected chi connectivity index (χ2v) is 11.0. The van der Waals surface area contributed by atoms with Gasteiger partial charge in [-0.05, 0) is 47.5 Å². The molecule has 0 saturated carbocycles. The van der Waals surface area contributed by atoms with Gasteiger partial charge < -0.3 is 20.1 Å². The Kier molecular flexibility index (Phi) is 5.95. The number of phenols is 2. The summed E-state index contributed by atoms with van der Waals surface area (Å²) in [6.07, 6.45) is 1.45. The van der Waals surface area contributed by atoms with E-state index in [0.29, 0.717) is 29.5 Å². The van der Waals surface area contributed by atoms with E-state index in [9.17, 15) is 18.6 Å². The van der Waals surface area contributed by atoms with Gasteiger partial charge in [0, 0.05) is 13.1 Å². The van der Waals surface area contributed by atoms with Gasteiger partial charge in [-0.3, -0.25) is 0 Å². The van der Waals surface area contributed by atoms with Gasteiger partial charge in [-0.1, -0.05) is 35.9 Å². The summed E-state index contributed by atoms with van der Waals surface area (Å²) in [5.41, 5.74) is 1.71. The van der Waals surface area contributed by atoms with Gasteiger partial charge in [0.1, 0.15) is 9.36 Å². The number of halogens is 1. The van der Waals surface area contributed by atoms with E-state index in [1.807, 2.05) is 6.92 Å². The van der Waals surface area contributed by atoms with E-state index in [1.54, 1.807) is 22.1 Å². The molecule has 0 amide bonds. The van der Waals surface area contributed by atoms with Crippen LogP contribution in [0.25, 0.3) is 0 Å². The lowest BCUT2D eigenvalue weighted by atomic mass is 9.93. The molecule has 2 aromatic heterocycles. The first kappa shape index (κ1) is 21.4. The summed E-state index contributed by atoms with van der Waals surface area (Å²) in [6, 6.07) is 5.95. The molecular weight excluding hydrogens is 466 g/mol. The summed E-state index contributed by atoms with van der Waals surface area (Å²) in [5.74, 6) is -0.368. The molecule has 1 aliphatic heterocycles. The van der Waals surface area contributed by atoms with Crippen LogP contribution in [0.15, 0.2) is 38.3 Å². The van der Waals surface area contributed by atoms with Gasteiger partial charge in [-0.25, -0.2) is 0 Å². The third kappa shape index (κ3) is 3.90. The highest BCUT2D eigenvalue weighted by Crippen LogP contribution is 2.39. The monoisotopic (exact) mass is 485 g/mol. The number of aromatic nitrogens is 1. The molecule has 160 valence electrons. The second kappa shape index (κ2) is 8.35. The van der Waals surface area contributed by atoms with E-state index in [4.69, 9.17) is 11.6 Å². The molecule has 0 spiro atoms. The number of nitrogens with zero attached hydrogens (tertiary/aromatic N) is 2. The SMILES string of the molecule is CCCn1c(Cl)c([C@@H]2NCCc3cc(O)c(O)cc32)sc1=NS(=O)(=O)c1cccs1. The summed E-state index contributed by atoms with van der Waals surface area (Å²) in [7, 11) is -3.84. The van der Waals surface area contributed by atoms with Gasteiger partial charge in [0.05, 0.1) is 10.9 Å². The fraction of sp³-hybridized carbons (Fsp3) is 0.316. The van der Waals surface area contributed by atoms with Crippen molar-refractivity contribution in [1.82, 2.24) is 9.88 Å². The smallest absolute Gasteiger partial charge is 0.294 e. The van der Waals surface area contributed by atoms with Crippen molar-refractivity contribution in [2.75, 3.05) is 6.54 Å². The molecule has 0 aliphatic carbocycles. The fourth-order valence-electron chi connectivity index (χ4n) is 3.45. The van der Waals surface area contributed by atoms with Crippen LogP contribution in [-0.2, 0) is 23.0 Å². The molecule has 30 heavy (non-hydrogen) atoms. The summed E-state index contributed by atoms with van der Waals surface area (Å²) in [6.45, 7) is 3.16. The molecule has 0 radical (unpaired) electrons. The summed E-state index contributed by atoms with van der Waals surface area (Å²) < 4.78 is 31.4. The zero-order valence-corrected chi connectivity index (χ0v) is 19.2. The average Bonchev–Trinajstić information content (AvgIpc) is 3.34. The van der Waals surface area contributed by atoms with Crippen LogP contribution >= 0.6 is 34.3 Å². The van der Waals surface area contributed by atoms with Crippen molar-refractivity contribution in [2.45, 2.75) is 36.6 Å². The molecule has 4 rings (SSSR count). The summed E-state index contributed by atoms with van der Waals surface area (Å²) in [4.78, 5) is 1.03. The fourth-order valence-corrected chi connectivity index (χ4v) is 7.20. The number of phenolic OH excluding ortho intramolecular Hbond substituents is 2. The molecule has 3 heterocycles. The van der Waals surface area contributed by atoms with Crippen molar-refractivity contribution in [1.29, 1.82) is 0 Å². The molecule has 0 saturated heterocycles. The van der Waals surface area contributed by atoms with Crippen LogP contribution in [-0.4, -0.2) is 29.7 Å². The van der Waals surface area contributed by atoms with E-state index in [2.05, 4.69) is 9.71 Å². The maximum atomic E-state index is 12.7. The quantitative estimate of drug-likeness (QED) is 0.479. The first-order valence-electron chi connectivity index (χ1n) is 9.33. The van der Waals surface area contributed by atoms with Crippen molar-refractivity contribution in [2.24, 2.45) is 4.40 Å². The summed E-state index contributed by atoms with van der Waals surface area (Å²) in [5, 5.41) is 25.3. The molecule has 11 heteroatoms. The normalized spacial score (nSPS) is 17.3. The van der Waals surface area contributed by atoms with Crippen LogP contribution in [0.4, 0.5) is 0 Å².